The van der Waals surface area contributed by atoms with E-state index in [9.17, 15) is 9.59 Å². The van der Waals surface area contributed by atoms with Gasteiger partial charge in [-0.3, -0.25) is 25.7 Å². The first-order valence-electron chi connectivity index (χ1n) is 17.5. The fourth-order valence-electron chi connectivity index (χ4n) is 5.48. The monoisotopic (exact) mass is 796 g/mol. The van der Waals surface area contributed by atoms with Crippen LogP contribution in [0.1, 0.15) is 65.6 Å². The van der Waals surface area contributed by atoms with Gasteiger partial charge in [0.1, 0.15) is 12.4 Å². The van der Waals surface area contributed by atoms with Gasteiger partial charge in [-0.05, 0) is 52.3 Å². The van der Waals surface area contributed by atoms with Gasteiger partial charge < -0.3 is 18.8 Å². The van der Waals surface area contributed by atoms with Crippen LogP contribution in [0.15, 0.2) is 72.8 Å². The Kier molecular flexibility index (Phi) is 15.7. The number of esters is 1. The number of aryl methyl sites for hydroxylation is 1. The summed E-state index contributed by atoms with van der Waals surface area (Å²) >= 11 is 6.48. The second-order valence-corrected chi connectivity index (χ2v) is 12.5. The minimum Gasteiger partial charge on any atom is -0.461 e. The molecule has 0 saturated carbocycles. The van der Waals surface area contributed by atoms with E-state index in [1.807, 2.05) is 48.5 Å². The van der Waals surface area contributed by atoms with E-state index in [-0.39, 0.29) is 54.8 Å². The SMILES string of the molecule is CCCCc1nc(Cl)c(C(=O)OCCCCON(O)O)n1Cc1ccc(-c2ccccc2-c2nnn(COC(=O)OCc3cccc(CON(O)O)c3)n2)cc1. The van der Waals surface area contributed by atoms with Crippen molar-refractivity contribution in [3.63, 3.8) is 0 Å². The first kappa shape index (κ1) is 41.8. The molecule has 0 saturated heterocycles. The Morgan fingerprint density at radius 3 is 2.23 bits per heavy atom. The number of halogens is 1. The molecule has 19 nitrogen and oxygen atoms in total. The molecular formula is C36H41ClN8O11. The van der Waals surface area contributed by atoms with Gasteiger partial charge in [-0.15, -0.1) is 15.0 Å². The van der Waals surface area contributed by atoms with Gasteiger partial charge in [-0.25, -0.2) is 19.4 Å². The Morgan fingerprint density at radius 1 is 0.786 bits per heavy atom. The van der Waals surface area contributed by atoms with Crippen molar-refractivity contribution in [2.45, 2.75) is 65.5 Å². The van der Waals surface area contributed by atoms with Crippen molar-refractivity contribution in [1.82, 2.24) is 40.5 Å². The van der Waals surface area contributed by atoms with Crippen LogP contribution < -0.4 is 0 Å². The number of rotatable bonds is 21. The van der Waals surface area contributed by atoms with E-state index in [0.717, 1.165) is 34.3 Å². The summed E-state index contributed by atoms with van der Waals surface area (Å²) < 4.78 is 17.6. The Hall–Kier alpha value is -5.35. The molecule has 56 heavy (non-hydrogen) atoms. The van der Waals surface area contributed by atoms with Crippen molar-refractivity contribution in [3.8, 4) is 22.5 Å². The molecule has 4 N–H and O–H groups in total. The summed E-state index contributed by atoms with van der Waals surface area (Å²) in [6.07, 6.45) is 2.29. The molecule has 5 aromatic rings. The second-order valence-electron chi connectivity index (χ2n) is 12.2. The van der Waals surface area contributed by atoms with E-state index < -0.39 is 12.1 Å². The second kappa shape index (κ2) is 21.1. The van der Waals surface area contributed by atoms with Crippen molar-refractivity contribution in [1.29, 1.82) is 0 Å². The fourth-order valence-corrected chi connectivity index (χ4v) is 5.76. The number of ether oxygens (including phenoxy) is 3. The van der Waals surface area contributed by atoms with E-state index in [1.165, 1.54) is 0 Å². The summed E-state index contributed by atoms with van der Waals surface area (Å²) in [5.41, 5.74) is 4.66. The van der Waals surface area contributed by atoms with Gasteiger partial charge in [0, 0.05) is 18.5 Å². The fraction of sp³-hybridized carbons (Fsp3) is 0.333. The zero-order valence-electron chi connectivity index (χ0n) is 30.3. The summed E-state index contributed by atoms with van der Waals surface area (Å²) in [5.74, 6) is 0.359. The molecule has 5 rings (SSSR count). The molecule has 0 radical (unpaired) electrons. The van der Waals surface area contributed by atoms with Crippen molar-refractivity contribution in [3.05, 3.63) is 106 Å². The van der Waals surface area contributed by atoms with Crippen LogP contribution >= 0.6 is 11.6 Å². The number of carbonyl (C=O) groups is 2. The minimum atomic E-state index is -0.955. The highest BCUT2D eigenvalue weighted by molar-refractivity contribution is 6.32. The van der Waals surface area contributed by atoms with Gasteiger partial charge in [0.2, 0.25) is 12.6 Å². The third kappa shape index (κ3) is 12.3. The lowest BCUT2D eigenvalue weighted by molar-refractivity contribution is -0.497. The Morgan fingerprint density at radius 2 is 1.50 bits per heavy atom. The third-order valence-electron chi connectivity index (χ3n) is 8.15. The Balaban J connectivity index is 1.21. The minimum absolute atomic E-state index is 0.0334. The number of benzene rings is 3. The molecule has 0 atom stereocenters. The first-order chi connectivity index (χ1) is 27.1. The molecule has 0 spiro atoms. The lowest BCUT2D eigenvalue weighted by Gasteiger charge is -2.13. The zero-order valence-corrected chi connectivity index (χ0v) is 31.1. The van der Waals surface area contributed by atoms with Crippen LogP contribution in [0, 0.1) is 0 Å². The van der Waals surface area contributed by atoms with E-state index in [0.29, 0.717) is 54.1 Å². The molecule has 3 aromatic carbocycles. The van der Waals surface area contributed by atoms with Crippen LogP contribution in [0.5, 0.6) is 0 Å². The number of tetrazole rings is 1. The predicted octanol–water partition coefficient (Wildman–Crippen LogP) is 6.02. The number of unbranched alkanes of at least 4 members (excludes halogenated alkanes) is 2. The first-order valence-corrected chi connectivity index (χ1v) is 17.9. The van der Waals surface area contributed by atoms with E-state index >= 15 is 0 Å². The van der Waals surface area contributed by atoms with Crippen molar-refractivity contribution >= 4 is 23.7 Å². The quantitative estimate of drug-likeness (QED) is 0.0378. The van der Waals surface area contributed by atoms with Gasteiger partial charge in [0.25, 0.3) is 0 Å². The standard InChI is InChI=1S/C36H41ClN8O11/c1-2-3-13-31-38-33(37)32(35(46)52-18-6-7-19-55-44(48)49)42(31)21-25-14-16-28(17-15-25)29-11-4-5-12-30(29)34-39-41-43(40-34)24-54-36(47)53-22-26-9-8-10-27(20-26)23-56-45(50)51/h4-5,8-12,14-17,20,48-51H,2-3,6-7,13,18-19,21-24H2,1H3. The Labute approximate surface area is 325 Å². The largest absolute Gasteiger partial charge is 0.510 e. The van der Waals surface area contributed by atoms with Crippen molar-refractivity contribution < 1.29 is 54.3 Å². The normalized spacial score (nSPS) is 11.4. The summed E-state index contributed by atoms with van der Waals surface area (Å²) in [6.45, 7) is 1.93. The molecule has 0 unspecified atom stereocenters. The van der Waals surface area contributed by atoms with E-state index in [1.54, 1.807) is 28.8 Å². The van der Waals surface area contributed by atoms with Gasteiger partial charge in [-0.1, -0.05) is 97.7 Å². The molecule has 2 heterocycles. The number of carbonyl (C=O) groups excluding carboxylic acids is 2. The van der Waals surface area contributed by atoms with Gasteiger partial charge in [-0.2, -0.15) is 0 Å². The number of hydrogen-bond acceptors (Lipinski definition) is 17. The highest BCUT2D eigenvalue weighted by Gasteiger charge is 2.24. The summed E-state index contributed by atoms with van der Waals surface area (Å²) in [4.78, 5) is 40.2. The molecule has 0 bridgehead atoms. The van der Waals surface area contributed by atoms with Gasteiger partial charge in [0.05, 0.1) is 30.6 Å². The highest BCUT2D eigenvalue weighted by Crippen LogP contribution is 2.30. The number of imidazole rings is 1. The maximum absolute atomic E-state index is 13.2. The average molecular weight is 797 g/mol. The van der Waals surface area contributed by atoms with Gasteiger partial charge >= 0.3 is 12.1 Å². The summed E-state index contributed by atoms with van der Waals surface area (Å²) in [6, 6.07) is 22.1. The van der Waals surface area contributed by atoms with E-state index in [2.05, 4.69) is 37.0 Å². The topological polar surface area (TPSA) is 229 Å². The lowest BCUT2D eigenvalue weighted by Crippen LogP contribution is -2.17. The molecule has 0 amide bonds. The van der Waals surface area contributed by atoms with Crippen molar-refractivity contribution in [2.75, 3.05) is 13.2 Å². The number of aromatic nitrogens is 6. The maximum Gasteiger partial charge on any atom is 0.510 e. The average Bonchev–Trinajstić information content (AvgIpc) is 3.79. The van der Waals surface area contributed by atoms with Crippen LogP contribution in [0.2, 0.25) is 5.15 Å². The Bertz CT molecular complexity index is 2020. The highest BCUT2D eigenvalue weighted by atomic mass is 35.5. The predicted molar refractivity (Wildman–Crippen MR) is 192 cm³/mol. The van der Waals surface area contributed by atoms with Crippen LogP contribution in [-0.4, -0.2) is 86.7 Å². The van der Waals surface area contributed by atoms with Crippen molar-refractivity contribution in [2.24, 2.45) is 0 Å². The molecule has 0 aliphatic heterocycles. The molecule has 20 heteroatoms. The van der Waals surface area contributed by atoms with E-state index in [4.69, 9.17) is 46.6 Å². The molecule has 0 aliphatic carbocycles. The van der Waals surface area contributed by atoms with Crippen LogP contribution in [0.4, 0.5) is 4.79 Å². The van der Waals surface area contributed by atoms with Crippen LogP contribution in [0.3, 0.4) is 0 Å². The zero-order chi connectivity index (χ0) is 39.9. The third-order valence-corrected chi connectivity index (χ3v) is 8.41. The number of nitrogens with zero attached hydrogens (tertiary/aromatic N) is 8. The molecule has 2 aromatic heterocycles. The molecule has 0 fully saturated rings. The smallest absolute Gasteiger partial charge is 0.461 e. The van der Waals surface area contributed by atoms with Crippen LogP contribution in [0.25, 0.3) is 22.5 Å². The van der Waals surface area contributed by atoms with Crippen LogP contribution in [-0.2, 0) is 56.8 Å². The summed E-state index contributed by atoms with van der Waals surface area (Å²) in [5, 5.41) is 46.6. The number of hydrogen-bond donors (Lipinski definition) is 4. The summed E-state index contributed by atoms with van der Waals surface area (Å²) in [7, 11) is 0. The van der Waals surface area contributed by atoms with Gasteiger partial charge in [0.15, 0.2) is 10.8 Å². The maximum atomic E-state index is 13.2. The molecule has 298 valence electrons. The molecule has 0 aliphatic rings. The molecular weight excluding hydrogens is 756 g/mol. The lowest BCUT2D eigenvalue weighted by atomic mass is 9.98.